The smallest absolute Gasteiger partial charge is 0.152 e. The zero-order chi connectivity index (χ0) is 5.70. The molecule has 42 valence electrons. The van der Waals surface area contributed by atoms with Crippen LogP contribution in [0.25, 0.3) is 0 Å². The Morgan fingerprint density at radius 2 is 2.57 bits per heavy atom. The van der Waals surface area contributed by atoms with Crippen LogP contribution in [-0.4, -0.2) is 18.0 Å². The first-order valence-corrected chi connectivity index (χ1v) is 2.18. The van der Waals surface area contributed by atoms with Gasteiger partial charge in [0, 0.05) is 0 Å². The van der Waals surface area contributed by atoms with Gasteiger partial charge in [-0.1, -0.05) is 6.08 Å². The molecule has 0 fully saturated rings. The van der Waals surface area contributed by atoms with E-state index in [4.69, 9.17) is 5.11 Å². The van der Waals surface area contributed by atoms with Crippen molar-refractivity contribution in [2.45, 2.75) is 13.2 Å². The predicted octanol–water partition coefficient (Wildman–Crippen LogP) is 0.527. The standard InChI is InChI=1S/C5H10O2/c1-3-4-7-5(2)6/h3,5-6H,1,4H2,2H3. The van der Waals surface area contributed by atoms with Crippen molar-refractivity contribution >= 4 is 0 Å². The van der Waals surface area contributed by atoms with Crippen LogP contribution in [0.1, 0.15) is 6.92 Å². The van der Waals surface area contributed by atoms with E-state index in [1.54, 1.807) is 13.0 Å². The van der Waals surface area contributed by atoms with E-state index in [0.29, 0.717) is 6.61 Å². The Hall–Kier alpha value is -0.340. The Labute approximate surface area is 43.4 Å². The molecule has 0 radical (unpaired) electrons. The van der Waals surface area contributed by atoms with E-state index in [1.165, 1.54) is 0 Å². The van der Waals surface area contributed by atoms with Gasteiger partial charge in [-0.05, 0) is 6.92 Å². The number of rotatable bonds is 3. The van der Waals surface area contributed by atoms with E-state index in [1.807, 2.05) is 0 Å². The third kappa shape index (κ3) is 5.66. The van der Waals surface area contributed by atoms with E-state index in [2.05, 4.69) is 11.3 Å². The van der Waals surface area contributed by atoms with Gasteiger partial charge in [-0.3, -0.25) is 0 Å². The first-order chi connectivity index (χ1) is 3.27. The Bertz CT molecular complexity index is 50.0. The highest BCUT2D eigenvalue weighted by atomic mass is 16.6. The maximum Gasteiger partial charge on any atom is 0.152 e. The van der Waals surface area contributed by atoms with Gasteiger partial charge >= 0.3 is 0 Å². The van der Waals surface area contributed by atoms with E-state index in [9.17, 15) is 0 Å². The first-order valence-electron chi connectivity index (χ1n) is 2.18. The number of hydrogen-bond donors (Lipinski definition) is 1. The average Bonchev–Trinajstić information content (AvgIpc) is 1.61. The maximum absolute atomic E-state index is 8.41. The van der Waals surface area contributed by atoms with E-state index in [0.717, 1.165) is 0 Å². The molecule has 0 saturated carbocycles. The molecule has 0 aromatic heterocycles. The van der Waals surface area contributed by atoms with E-state index in [-0.39, 0.29) is 0 Å². The highest BCUT2D eigenvalue weighted by molar-refractivity contribution is 4.63. The molecule has 0 bridgehead atoms. The van der Waals surface area contributed by atoms with Crippen LogP contribution in [0.5, 0.6) is 0 Å². The normalized spacial score (nSPS) is 13.4. The molecule has 0 saturated heterocycles. The fourth-order valence-electron chi connectivity index (χ4n) is 0.207. The summed E-state index contributed by atoms with van der Waals surface area (Å²) >= 11 is 0. The van der Waals surface area contributed by atoms with Gasteiger partial charge in [-0.2, -0.15) is 0 Å². The van der Waals surface area contributed by atoms with Gasteiger partial charge in [0.25, 0.3) is 0 Å². The molecule has 0 rings (SSSR count). The SMILES string of the molecule is C=CCOC(C)O. The lowest BCUT2D eigenvalue weighted by molar-refractivity contribution is -0.0739. The molecule has 7 heavy (non-hydrogen) atoms. The lowest BCUT2D eigenvalue weighted by Gasteiger charge is -2.00. The fraction of sp³-hybridized carbons (Fsp3) is 0.600. The minimum Gasteiger partial charge on any atom is -0.368 e. The summed E-state index contributed by atoms with van der Waals surface area (Å²) < 4.78 is 4.63. The molecule has 0 aliphatic rings. The molecule has 0 spiro atoms. The van der Waals surface area contributed by atoms with Crippen molar-refractivity contribution in [2.75, 3.05) is 6.61 Å². The summed E-state index contributed by atoms with van der Waals surface area (Å²) in [4.78, 5) is 0. The van der Waals surface area contributed by atoms with Crippen LogP contribution >= 0.6 is 0 Å². The van der Waals surface area contributed by atoms with Crippen LogP contribution in [0.3, 0.4) is 0 Å². The van der Waals surface area contributed by atoms with Gasteiger partial charge in [0.1, 0.15) is 0 Å². The second-order valence-corrected chi connectivity index (χ2v) is 1.22. The molecular formula is C5H10O2. The van der Waals surface area contributed by atoms with Crippen LogP contribution in [0.4, 0.5) is 0 Å². The van der Waals surface area contributed by atoms with Gasteiger partial charge in [0.05, 0.1) is 6.61 Å². The first kappa shape index (κ1) is 6.66. The molecule has 0 aromatic rings. The third-order valence-corrected chi connectivity index (χ3v) is 0.455. The van der Waals surface area contributed by atoms with Gasteiger partial charge in [0.2, 0.25) is 0 Å². The summed E-state index contributed by atoms with van der Waals surface area (Å²) in [5.41, 5.74) is 0. The second-order valence-electron chi connectivity index (χ2n) is 1.22. The van der Waals surface area contributed by atoms with Crippen LogP contribution in [-0.2, 0) is 4.74 Å². The maximum atomic E-state index is 8.41. The van der Waals surface area contributed by atoms with Crippen molar-refractivity contribution in [1.29, 1.82) is 0 Å². The lowest BCUT2D eigenvalue weighted by Crippen LogP contribution is -2.04. The highest BCUT2D eigenvalue weighted by Crippen LogP contribution is 1.81. The molecule has 2 heteroatoms. The van der Waals surface area contributed by atoms with Crippen LogP contribution in [0.15, 0.2) is 12.7 Å². The third-order valence-electron chi connectivity index (χ3n) is 0.455. The summed E-state index contributed by atoms with van der Waals surface area (Å²) in [6.07, 6.45) is 0.921. The topological polar surface area (TPSA) is 29.5 Å². The van der Waals surface area contributed by atoms with Crippen molar-refractivity contribution in [3.05, 3.63) is 12.7 Å². The number of ether oxygens (including phenoxy) is 1. The summed E-state index contributed by atoms with van der Waals surface area (Å²) in [7, 11) is 0. The molecule has 0 heterocycles. The van der Waals surface area contributed by atoms with Crippen molar-refractivity contribution in [3.63, 3.8) is 0 Å². The zero-order valence-electron chi connectivity index (χ0n) is 4.42. The van der Waals surface area contributed by atoms with Crippen LogP contribution in [0, 0.1) is 0 Å². The summed E-state index contributed by atoms with van der Waals surface area (Å²) in [6, 6.07) is 0. The summed E-state index contributed by atoms with van der Waals surface area (Å²) in [5, 5.41) is 8.41. The van der Waals surface area contributed by atoms with Crippen LogP contribution < -0.4 is 0 Å². The highest BCUT2D eigenvalue weighted by Gasteiger charge is 1.86. The molecule has 1 unspecified atom stereocenters. The van der Waals surface area contributed by atoms with Crippen molar-refractivity contribution in [2.24, 2.45) is 0 Å². The predicted molar refractivity (Wildman–Crippen MR) is 27.8 cm³/mol. The Morgan fingerprint density at radius 3 is 2.71 bits per heavy atom. The fourth-order valence-corrected chi connectivity index (χ4v) is 0.207. The van der Waals surface area contributed by atoms with Gasteiger partial charge < -0.3 is 9.84 Å². The lowest BCUT2D eigenvalue weighted by atomic mass is 10.7. The minimum absolute atomic E-state index is 0.414. The van der Waals surface area contributed by atoms with Gasteiger partial charge in [-0.15, -0.1) is 6.58 Å². The largest absolute Gasteiger partial charge is 0.368 e. The Kier molecular flexibility index (Phi) is 3.65. The van der Waals surface area contributed by atoms with Crippen molar-refractivity contribution < 1.29 is 9.84 Å². The summed E-state index contributed by atoms with van der Waals surface area (Å²) in [6.45, 7) is 5.37. The molecule has 0 aromatic carbocycles. The number of hydrogen-bond acceptors (Lipinski definition) is 2. The van der Waals surface area contributed by atoms with Crippen molar-refractivity contribution in [3.8, 4) is 0 Å². The molecule has 0 amide bonds. The molecule has 0 aliphatic heterocycles. The molecule has 1 N–H and O–H groups in total. The van der Waals surface area contributed by atoms with Gasteiger partial charge in [-0.25, -0.2) is 0 Å². The zero-order valence-corrected chi connectivity index (χ0v) is 4.42. The molecule has 1 atom stereocenters. The minimum atomic E-state index is -0.669. The number of aliphatic hydroxyl groups is 1. The van der Waals surface area contributed by atoms with E-state index >= 15 is 0 Å². The second kappa shape index (κ2) is 3.84. The molecule has 0 aliphatic carbocycles. The van der Waals surface area contributed by atoms with E-state index < -0.39 is 6.29 Å². The Balaban J connectivity index is 2.81. The van der Waals surface area contributed by atoms with Crippen molar-refractivity contribution in [1.82, 2.24) is 0 Å². The van der Waals surface area contributed by atoms with Crippen LogP contribution in [0.2, 0.25) is 0 Å². The quantitative estimate of drug-likeness (QED) is 0.416. The summed E-state index contributed by atoms with van der Waals surface area (Å²) in [5.74, 6) is 0. The number of aliphatic hydroxyl groups excluding tert-OH is 1. The monoisotopic (exact) mass is 102 g/mol. The average molecular weight is 102 g/mol. The van der Waals surface area contributed by atoms with Gasteiger partial charge in [0.15, 0.2) is 6.29 Å². The molecule has 2 nitrogen and oxygen atoms in total. The Morgan fingerprint density at radius 1 is 2.00 bits per heavy atom. The molecular weight excluding hydrogens is 92.1 g/mol.